The summed E-state index contributed by atoms with van der Waals surface area (Å²) in [6.07, 6.45) is 4.00. The van der Waals surface area contributed by atoms with Crippen molar-refractivity contribution in [2.75, 3.05) is 13.1 Å². The van der Waals surface area contributed by atoms with Crippen molar-refractivity contribution in [1.82, 2.24) is 5.32 Å². The van der Waals surface area contributed by atoms with Crippen LogP contribution in [-0.2, 0) is 9.53 Å². The molecule has 1 aromatic rings. The van der Waals surface area contributed by atoms with Gasteiger partial charge in [0.15, 0.2) is 0 Å². The second kappa shape index (κ2) is 6.97. The van der Waals surface area contributed by atoms with Crippen LogP contribution in [0.3, 0.4) is 0 Å². The molecule has 1 N–H and O–H groups in total. The fourth-order valence-corrected chi connectivity index (χ4v) is 1.39. The van der Waals surface area contributed by atoms with Gasteiger partial charge in [0.1, 0.15) is 5.60 Å². The SMILES string of the molecule is CC(C)(C)OC(=O)CNC/C=C/c1ccccc1. The second-order valence-corrected chi connectivity index (χ2v) is 5.03. The smallest absolute Gasteiger partial charge is 0.320 e. The van der Waals surface area contributed by atoms with Gasteiger partial charge in [-0.15, -0.1) is 0 Å². The van der Waals surface area contributed by atoms with Crippen LogP contribution in [0.25, 0.3) is 6.08 Å². The molecule has 0 aliphatic heterocycles. The van der Waals surface area contributed by atoms with E-state index in [9.17, 15) is 4.79 Å². The first-order valence-corrected chi connectivity index (χ1v) is 6.11. The molecule has 0 spiro atoms. The van der Waals surface area contributed by atoms with Gasteiger partial charge in [0, 0.05) is 6.54 Å². The summed E-state index contributed by atoms with van der Waals surface area (Å²) < 4.78 is 5.18. The molecule has 0 saturated heterocycles. The van der Waals surface area contributed by atoms with Crippen LogP contribution in [0.2, 0.25) is 0 Å². The van der Waals surface area contributed by atoms with Crippen molar-refractivity contribution in [3.63, 3.8) is 0 Å². The maximum absolute atomic E-state index is 11.4. The van der Waals surface area contributed by atoms with Crippen molar-refractivity contribution in [3.05, 3.63) is 42.0 Å². The van der Waals surface area contributed by atoms with E-state index in [0.29, 0.717) is 6.54 Å². The van der Waals surface area contributed by atoms with Crippen molar-refractivity contribution in [1.29, 1.82) is 0 Å². The number of ether oxygens (including phenoxy) is 1. The van der Waals surface area contributed by atoms with Gasteiger partial charge in [-0.05, 0) is 26.3 Å². The van der Waals surface area contributed by atoms with Crippen LogP contribution in [0.1, 0.15) is 26.3 Å². The van der Waals surface area contributed by atoms with Crippen LogP contribution in [-0.4, -0.2) is 24.7 Å². The molecular weight excluding hydrogens is 226 g/mol. The Morgan fingerprint density at radius 1 is 1.28 bits per heavy atom. The van der Waals surface area contributed by atoms with E-state index in [1.165, 1.54) is 0 Å². The number of esters is 1. The first-order chi connectivity index (χ1) is 8.47. The summed E-state index contributed by atoms with van der Waals surface area (Å²) in [7, 11) is 0. The molecule has 0 fully saturated rings. The summed E-state index contributed by atoms with van der Waals surface area (Å²) in [4.78, 5) is 11.4. The molecule has 0 amide bonds. The number of carbonyl (C=O) groups excluding carboxylic acids is 1. The zero-order valence-corrected chi connectivity index (χ0v) is 11.3. The first kappa shape index (κ1) is 14.5. The minimum atomic E-state index is -0.418. The number of hydrogen-bond acceptors (Lipinski definition) is 3. The third kappa shape index (κ3) is 6.86. The molecule has 0 heterocycles. The maximum atomic E-state index is 11.4. The molecule has 18 heavy (non-hydrogen) atoms. The zero-order valence-electron chi connectivity index (χ0n) is 11.3. The van der Waals surface area contributed by atoms with Crippen LogP contribution in [0, 0.1) is 0 Å². The molecule has 3 heteroatoms. The summed E-state index contributed by atoms with van der Waals surface area (Å²) in [5, 5.41) is 3.02. The molecule has 3 nitrogen and oxygen atoms in total. The van der Waals surface area contributed by atoms with E-state index >= 15 is 0 Å². The molecule has 1 rings (SSSR count). The Morgan fingerprint density at radius 2 is 1.94 bits per heavy atom. The van der Waals surface area contributed by atoms with Gasteiger partial charge in [-0.25, -0.2) is 0 Å². The highest BCUT2D eigenvalue weighted by Gasteiger charge is 2.15. The third-order valence-corrected chi connectivity index (χ3v) is 2.06. The van der Waals surface area contributed by atoms with E-state index in [0.717, 1.165) is 5.56 Å². The zero-order chi connectivity index (χ0) is 13.4. The largest absolute Gasteiger partial charge is 0.459 e. The molecule has 0 bridgehead atoms. The van der Waals surface area contributed by atoms with Crippen molar-refractivity contribution < 1.29 is 9.53 Å². The summed E-state index contributed by atoms with van der Waals surface area (Å²) in [5.74, 6) is -0.226. The van der Waals surface area contributed by atoms with Gasteiger partial charge in [-0.3, -0.25) is 4.79 Å². The monoisotopic (exact) mass is 247 g/mol. The molecule has 0 aromatic heterocycles. The lowest BCUT2D eigenvalue weighted by Crippen LogP contribution is -2.31. The Bertz CT molecular complexity index is 391. The van der Waals surface area contributed by atoms with Gasteiger partial charge >= 0.3 is 5.97 Å². The van der Waals surface area contributed by atoms with Gasteiger partial charge in [-0.2, -0.15) is 0 Å². The number of hydrogen-bond donors (Lipinski definition) is 1. The Kier molecular flexibility index (Phi) is 5.59. The van der Waals surface area contributed by atoms with E-state index in [-0.39, 0.29) is 12.5 Å². The van der Waals surface area contributed by atoms with Gasteiger partial charge in [0.05, 0.1) is 6.54 Å². The highest BCUT2D eigenvalue weighted by atomic mass is 16.6. The van der Waals surface area contributed by atoms with Gasteiger partial charge in [0.25, 0.3) is 0 Å². The summed E-state index contributed by atoms with van der Waals surface area (Å²) >= 11 is 0. The van der Waals surface area contributed by atoms with Crippen LogP contribution in [0.4, 0.5) is 0 Å². The highest BCUT2D eigenvalue weighted by molar-refractivity contribution is 5.72. The van der Waals surface area contributed by atoms with Crippen LogP contribution in [0.5, 0.6) is 0 Å². The predicted octanol–water partition coefficient (Wildman–Crippen LogP) is 2.63. The van der Waals surface area contributed by atoms with Gasteiger partial charge in [0.2, 0.25) is 0 Å². The molecule has 0 aliphatic rings. The molecule has 0 unspecified atom stereocenters. The lowest BCUT2D eigenvalue weighted by molar-refractivity contribution is -0.153. The van der Waals surface area contributed by atoms with Crippen molar-refractivity contribution in [3.8, 4) is 0 Å². The Balaban J connectivity index is 2.19. The van der Waals surface area contributed by atoms with E-state index < -0.39 is 5.60 Å². The van der Waals surface area contributed by atoms with E-state index in [1.54, 1.807) is 0 Å². The van der Waals surface area contributed by atoms with E-state index in [1.807, 2.05) is 63.3 Å². The molecule has 0 aliphatic carbocycles. The van der Waals surface area contributed by atoms with Crippen molar-refractivity contribution in [2.45, 2.75) is 26.4 Å². The average Bonchev–Trinajstić information content (AvgIpc) is 2.27. The fraction of sp³-hybridized carbons (Fsp3) is 0.400. The summed E-state index contributed by atoms with van der Waals surface area (Å²) in [5.41, 5.74) is 0.732. The second-order valence-electron chi connectivity index (χ2n) is 5.03. The fourth-order valence-electron chi connectivity index (χ4n) is 1.39. The van der Waals surface area contributed by atoms with Crippen molar-refractivity contribution >= 4 is 12.0 Å². The molecule has 0 saturated carbocycles. The van der Waals surface area contributed by atoms with E-state index in [4.69, 9.17) is 4.74 Å². The minimum Gasteiger partial charge on any atom is -0.459 e. The number of carbonyl (C=O) groups is 1. The van der Waals surface area contributed by atoms with Crippen LogP contribution in [0.15, 0.2) is 36.4 Å². The Hall–Kier alpha value is -1.61. The Labute approximate surface area is 109 Å². The topological polar surface area (TPSA) is 38.3 Å². The van der Waals surface area contributed by atoms with E-state index in [2.05, 4.69) is 5.32 Å². The van der Waals surface area contributed by atoms with Gasteiger partial charge in [-0.1, -0.05) is 42.5 Å². The molecule has 1 aromatic carbocycles. The molecule has 98 valence electrons. The highest BCUT2D eigenvalue weighted by Crippen LogP contribution is 2.06. The molecule has 0 radical (unpaired) electrons. The quantitative estimate of drug-likeness (QED) is 0.642. The number of nitrogens with one attached hydrogen (secondary N) is 1. The standard InChI is InChI=1S/C15H21NO2/c1-15(2,3)18-14(17)12-16-11-7-10-13-8-5-4-6-9-13/h4-10,16H,11-12H2,1-3H3/b10-7+. The molecule has 0 atom stereocenters. The van der Waals surface area contributed by atoms with Crippen LogP contribution >= 0.6 is 0 Å². The minimum absolute atomic E-state index is 0.226. The number of rotatable bonds is 5. The normalized spacial score (nSPS) is 11.7. The average molecular weight is 247 g/mol. The summed E-state index contributed by atoms with van der Waals surface area (Å²) in [6, 6.07) is 10.0. The lowest BCUT2D eigenvalue weighted by atomic mass is 10.2. The van der Waals surface area contributed by atoms with Crippen molar-refractivity contribution in [2.24, 2.45) is 0 Å². The third-order valence-electron chi connectivity index (χ3n) is 2.06. The first-order valence-electron chi connectivity index (χ1n) is 6.11. The molecular formula is C15H21NO2. The maximum Gasteiger partial charge on any atom is 0.320 e. The predicted molar refractivity (Wildman–Crippen MR) is 74.2 cm³/mol. The summed E-state index contributed by atoms with van der Waals surface area (Å²) in [6.45, 7) is 6.46. The number of benzene rings is 1. The lowest BCUT2D eigenvalue weighted by Gasteiger charge is -2.19. The Morgan fingerprint density at radius 3 is 2.56 bits per heavy atom. The van der Waals surface area contributed by atoms with Gasteiger partial charge < -0.3 is 10.1 Å². The van der Waals surface area contributed by atoms with Crippen LogP contribution < -0.4 is 5.32 Å².